The average Bonchev–Trinajstić information content (AvgIpc) is 2.31. The predicted octanol–water partition coefficient (Wildman–Crippen LogP) is -1.43. The number of H-pyrrole nitrogens is 2. The highest BCUT2D eigenvalue weighted by Gasteiger charge is 2.11. The SMILES string of the molecule is Nc1nc2nc(C=C(O)C(=O)O)c(=O)[nH]c2c(=O)[nH]1. The normalized spacial score (nSPS) is 11.7. The average molecular weight is 265 g/mol. The van der Waals surface area contributed by atoms with E-state index in [1.165, 1.54) is 0 Å². The molecular formula is C9H7N5O5. The van der Waals surface area contributed by atoms with Crippen molar-refractivity contribution in [3.05, 3.63) is 32.2 Å². The summed E-state index contributed by atoms with van der Waals surface area (Å²) >= 11 is 0. The van der Waals surface area contributed by atoms with Crippen molar-refractivity contribution in [2.75, 3.05) is 5.73 Å². The summed E-state index contributed by atoms with van der Waals surface area (Å²) in [4.78, 5) is 45.1. The number of nitrogens with two attached hydrogens (primary N) is 1. The summed E-state index contributed by atoms with van der Waals surface area (Å²) in [5, 5.41) is 17.5. The number of nitrogens with zero attached hydrogens (tertiary/aromatic N) is 2. The first kappa shape index (κ1) is 12.3. The monoisotopic (exact) mass is 265 g/mol. The molecule has 0 amide bonds. The third-order valence-corrected chi connectivity index (χ3v) is 2.11. The Morgan fingerprint density at radius 3 is 2.47 bits per heavy atom. The molecule has 0 aliphatic heterocycles. The molecule has 0 aliphatic carbocycles. The summed E-state index contributed by atoms with van der Waals surface area (Å²) in [6, 6.07) is 0. The highest BCUT2D eigenvalue weighted by atomic mass is 16.4. The third-order valence-electron chi connectivity index (χ3n) is 2.11. The second kappa shape index (κ2) is 4.25. The molecule has 0 aliphatic rings. The summed E-state index contributed by atoms with van der Waals surface area (Å²) in [6.45, 7) is 0. The van der Waals surface area contributed by atoms with Crippen LogP contribution in [0, 0.1) is 0 Å². The van der Waals surface area contributed by atoms with Crippen LogP contribution < -0.4 is 16.9 Å². The lowest BCUT2D eigenvalue weighted by molar-refractivity contribution is -0.135. The van der Waals surface area contributed by atoms with Crippen LogP contribution in [0.5, 0.6) is 0 Å². The second-order valence-corrected chi connectivity index (χ2v) is 3.44. The van der Waals surface area contributed by atoms with Crippen LogP contribution in [0.2, 0.25) is 0 Å². The van der Waals surface area contributed by atoms with Crippen LogP contribution in [0.15, 0.2) is 15.3 Å². The number of aliphatic hydroxyl groups is 1. The number of aliphatic carboxylic acids is 1. The molecule has 19 heavy (non-hydrogen) atoms. The van der Waals surface area contributed by atoms with E-state index in [1.54, 1.807) is 0 Å². The van der Waals surface area contributed by atoms with Crippen LogP contribution in [-0.4, -0.2) is 36.1 Å². The number of nitrogen functional groups attached to an aromatic ring is 1. The maximum Gasteiger partial charge on any atom is 0.371 e. The number of carboxylic acids is 1. The number of fused-ring (bicyclic) bond motifs is 1. The molecule has 0 saturated carbocycles. The summed E-state index contributed by atoms with van der Waals surface area (Å²) < 4.78 is 0. The van der Waals surface area contributed by atoms with E-state index in [0.29, 0.717) is 6.08 Å². The van der Waals surface area contributed by atoms with Gasteiger partial charge in [-0.15, -0.1) is 0 Å². The Labute approximate surface area is 103 Å². The summed E-state index contributed by atoms with van der Waals surface area (Å²) in [7, 11) is 0. The molecule has 0 aromatic carbocycles. The van der Waals surface area contributed by atoms with Crippen LogP contribution in [0.25, 0.3) is 17.2 Å². The topological polar surface area (TPSA) is 175 Å². The van der Waals surface area contributed by atoms with E-state index in [1.807, 2.05) is 0 Å². The molecule has 2 rings (SSSR count). The van der Waals surface area contributed by atoms with E-state index < -0.39 is 28.5 Å². The lowest BCUT2D eigenvalue weighted by atomic mass is 10.3. The van der Waals surface area contributed by atoms with Crippen LogP contribution >= 0.6 is 0 Å². The smallest absolute Gasteiger partial charge is 0.371 e. The minimum atomic E-state index is -1.63. The van der Waals surface area contributed by atoms with Crippen molar-refractivity contribution < 1.29 is 15.0 Å². The number of carboxylic acid groups (broad SMARTS) is 1. The van der Waals surface area contributed by atoms with E-state index in [4.69, 9.17) is 15.9 Å². The Morgan fingerprint density at radius 1 is 1.16 bits per heavy atom. The van der Waals surface area contributed by atoms with Gasteiger partial charge in [0.25, 0.3) is 11.1 Å². The van der Waals surface area contributed by atoms with Crippen molar-refractivity contribution in [1.82, 2.24) is 19.9 Å². The Bertz CT molecular complexity index is 818. The van der Waals surface area contributed by atoms with E-state index in [2.05, 4.69) is 19.9 Å². The number of nitrogens with one attached hydrogen (secondary N) is 2. The number of hydrogen-bond donors (Lipinski definition) is 5. The van der Waals surface area contributed by atoms with Crippen LogP contribution in [0.3, 0.4) is 0 Å². The molecule has 10 nitrogen and oxygen atoms in total. The van der Waals surface area contributed by atoms with Crippen LogP contribution in [0.1, 0.15) is 5.69 Å². The fourth-order valence-electron chi connectivity index (χ4n) is 1.30. The number of aliphatic hydroxyl groups excluding tert-OH is 1. The van der Waals surface area contributed by atoms with Crippen molar-refractivity contribution in [2.45, 2.75) is 0 Å². The zero-order chi connectivity index (χ0) is 14.2. The number of aromatic amines is 2. The van der Waals surface area contributed by atoms with Crippen molar-refractivity contribution >= 4 is 29.2 Å². The van der Waals surface area contributed by atoms with Gasteiger partial charge < -0.3 is 20.9 Å². The Balaban J connectivity index is 2.76. The van der Waals surface area contributed by atoms with Crippen LogP contribution in [-0.2, 0) is 4.79 Å². The zero-order valence-corrected chi connectivity index (χ0v) is 9.17. The highest BCUT2D eigenvalue weighted by molar-refractivity contribution is 5.89. The van der Waals surface area contributed by atoms with E-state index >= 15 is 0 Å². The van der Waals surface area contributed by atoms with Gasteiger partial charge in [0.1, 0.15) is 5.69 Å². The highest BCUT2D eigenvalue weighted by Crippen LogP contribution is 2.03. The number of anilines is 1. The van der Waals surface area contributed by atoms with Crippen molar-refractivity contribution in [1.29, 1.82) is 0 Å². The quantitative estimate of drug-likeness (QED) is 0.324. The molecule has 0 fully saturated rings. The molecule has 0 spiro atoms. The predicted molar refractivity (Wildman–Crippen MR) is 63.4 cm³/mol. The van der Waals surface area contributed by atoms with Gasteiger partial charge in [-0.1, -0.05) is 0 Å². The van der Waals surface area contributed by atoms with E-state index in [9.17, 15) is 14.4 Å². The lowest BCUT2D eigenvalue weighted by Crippen LogP contribution is -2.20. The van der Waals surface area contributed by atoms with Crippen molar-refractivity contribution in [3.8, 4) is 0 Å². The first-order chi connectivity index (χ1) is 8.88. The Hall–Kier alpha value is -3.17. The number of carbonyl (C=O) groups is 1. The Kier molecular flexibility index (Phi) is 2.75. The van der Waals surface area contributed by atoms with Gasteiger partial charge in [-0.05, 0) is 0 Å². The summed E-state index contributed by atoms with van der Waals surface area (Å²) in [5.41, 5.74) is 2.97. The molecule has 0 atom stereocenters. The first-order valence-electron chi connectivity index (χ1n) is 4.82. The van der Waals surface area contributed by atoms with Gasteiger partial charge in [-0.25, -0.2) is 9.78 Å². The largest absolute Gasteiger partial charge is 0.502 e. The van der Waals surface area contributed by atoms with Gasteiger partial charge in [0, 0.05) is 6.08 Å². The van der Waals surface area contributed by atoms with E-state index in [0.717, 1.165) is 0 Å². The molecule has 10 heteroatoms. The van der Waals surface area contributed by atoms with Crippen molar-refractivity contribution in [2.24, 2.45) is 0 Å². The molecule has 0 radical (unpaired) electrons. The Morgan fingerprint density at radius 2 is 1.84 bits per heavy atom. The summed E-state index contributed by atoms with van der Waals surface area (Å²) in [5.74, 6) is -2.91. The fourth-order valence-corrected chi connectivity index (χ4v) is 1.30. The molecule has 2 heterocycles. The lowest BCUT2D eigenvalue weighted by Gasteiger charge is -1.99. The molecule has 2 aromatic heterocycles. The number of rotatable bonds is 2. The number of hydrogen-bond acceptors (Lipinski definition) is 7. The molecular weight excluding hydrogens is 258 g/mol. The van der Waals surface area contributed by atoms with Gasteiger partial charge in [0.05, 0.1) is 0 Å². The van der Waals surface area contributed by atoms with Gasteiger partial charge >= 0.3 is 5.97 Å². The minimum absolute atomic E-state index is 0.176. The molecule has 0 bridgehead atoms. The molecule has 0 unspecified atom stereocenters. The van der Waals surface area contributed by atoms with Gasteiger partial charge in [0.15, 0.2) is 11.2 Å². The number of aromatic nitrogens is 4. The van der Waals surface area contributed by atoms with Gasteiger partial charge in [-0.3, -0.25) is 14.6 Å². The van der Waals surface area contributed by atoms with Crippen LogP contribution in [0.4, 0.5) is 5.95 Å². The third kappa shape index (κ3) is 2.26. The standard InChI is InChI=1S/C9H7N5O5/c10-9-13-5-4(7(17)14-9)12-6(16)2(11-5)1-3(15)8(18)19/h1,15H,(H,12,16)(H,18,19)(H3,10,11,13,14,17). The minimum Gasteiger partial charge on any atom is -0.502 e. The molecule has 2 aromatic rings. The molecule has 0 saturated heterocycles. The molecule has 98 valence electrons. The first-order valence-corrected chi connectivity index (χ1v) is 4.82. The fraction of sp³-hybridized carbons (Fsp3) is 0. The van der Waals surface area contributed by atoms with E-state index in [-0.39, 0.29) is 17.1 Å². The van der Waals surface area contributed by atoms with Crippen molar-refractivity contribution in [3.63, 3.8) is 0 Å². The maximum absolute atomic E-state index is 11.5. The van der Waals surface area contributed by atoms with Gasteiger partial charge in [-0.2, -0.15) is 4.98 Å². The second-order valence-electron chi connectivity index (χ2n) is 3.44. The zero-order valence-electron chi connectivity index (χ0n) is 9.17. The molecule has 6 N–H and O–H groups in total. The maximum atomic E-state index is 11.5. The van der Waals surface area contributed by atoms with Gasteiger partial charge in [0.2, 0.25) is 11.7 Å². The summed E-state index contributed by atoms with van der Waals surface area (Å²) in [6.07, 6.45) is 0.639.